The van der Waals surface area contributed by atoms with Crippen LogP contribution < -0.4 is 4.90 Å². The summed E-state index contributed by atoms with van der Waals surface area (Å²) < 4.78 is 33.5. The minimum absolute atomic E-state index is 0.182. The molecule has 0 aliphatic carbocycles. The quantitative estimate of drug-likeness (QED) is 0.336. The lowest BCUT2D eigenvalue weighted by atomic mass is 10.2. The van der Waals surface area contributed by atoms with Crippen LogP contribution in [-0.4, -0.2) is 55.8 Å². The predicted molar refractivity (Wildman–Crippen MR) is 146 cm³/mol. The molecule has 194 valence electrons. The normalized spacial score (nSPS) is 14.5. The van der Waals surface area contributed by atoms with Crippen LogP contribution >= 0.6 is 0 Å². The van der Waals surface area contributed by atoms with Crippen molar-refractivity contribution in [3.05, 3.63) is 102 Å². The number of rotatable bonds is 8. The largest absolute Gasteiger partial charge is 0.419 e. The van der Waals surface area contributed by atoms with E-state index in [1.54, 1.807) is 31.3 Å². The smallest absolute Gasteiger partial charge is 0.243 e. The number of sulfonamides is 1. The maximum Gasteiger partial charge on any atom is 0.243 e. The fourth-order valence-electron chi connectivity index (χ4n) is 4.55. The van der Waals surface area contributed by atoms with Gasteiger partial charge in [-0.25, -0.2) is 8.42 Å². The molecule has 0 unspecified atom stereocenters. The zero-order chi connectivity index (χ0) is 26.5. The molecular weight excluding hydrogens is 498 g/mol. The summed E-state index contributed by atoms with van der Waals surface area (Å²) in [6.45, 7) is 4.30. The van der Waals surface area contributed by atoms with Crippen LogP contribution in [0.15, 0.2) is 94.2 Å². The molecule has 0 spiro atoms. The van der Waals surface area contributed by atoms with Gasteiger partial charge >= 0.3 is 0 Å². The van der Waals surface area contributed by atoms with E-state index in [1.807, 2.05) is 53.4 Å². The number of nitriles is 1. The molecule has 2 heterocycles. The van der Waals surface area contributed by atoms with Crippen LogP contribution in [0.2, 0.25) is 0 Å². The summed E-state index contributed by atoms with van der Waals surface area (Å²) in [6, 6.07) is 28.4. The molecule has 0 bridgehead atoms. The van der Waals surface area contributed by atoms with E-state index in [-0.39, 0.29) is 17.1 Å². The fraction of sp³-hybridized carbons (Fsp3) is 0.241. The molecule has 0 saturated carbocycles. The topological polar surface area (TPSA) is 93.7 Å². The van der Waals surface area contributed by atoms with Crippen LogP contribution in [0, 0.1) is 11.3 Å². The first kappa shape index (κ1) is 25.7. The number of nitrogens with zero attached hydrogens (tertiary/aromatic N) is 5. The van der Waals surface area contributed by atoms with Gasteiger partial charge in [0.1, 0.15) is 6.07 Å². The molecule has 0 amide bonds. The second kappa shape index (κ2) is 11.2. The van der Waals surface area contributed by atoms with Gasteiger partial charge in [0.05, 0.1) is 4.90 Å². The van der Waals surface area contributed by atoms with E-state index in [1.165, 1.54) is 9.87 Å². The first-order chi connectivity index (χ1) is 18.4. The first-order valence-electron chi connectivity index (χ1n) is 12.5. The molecule has 0 N–H and O–H groups in total. The lowest BCUT2D eigenvalue weighted by molar-refractivity contribution is 0.246. The van der Waals surface area contributed by atoms with Crippen LogP contribution in [0.1, 0.15) is 16.8 Å². The molecule has 1 saturated heterocycles. The van der Waals surface area contributed by atoms with Gasteiger partial charge in [-0.3, -0.25) is 4.90 Å². The predicted octanol–water partition coefficient (Wildman–Crippen LogP) is 4.36. The summed E-state index contributed by atoms with van der Waals surface area (Å²) in [6.07, 6.45) is 0. The molecule has 8 nitrogen and oxygen atoms in total. The third-order valence-electron chi connectivity index (χ3n) is 6.68. The summed E-state index contributed by atoms with van der Waals surface area (Å²) >= 11 is 0. The maximum atomic E-state index is 13.1. The van der Waals surface area contributed by atoms with Gasteiger partial charge in [0.2, 0.25) is 27.5 Å². The second-order valence-corrected chi connectivity index (χ2v) is 11.3. The van der Waals surface area contributed by atoms with E-state index in [0.717, 1.165) is 38.3 Å². The lowest BCUT2D eigenvalue weighted by Crippen LogP contribution is -2.46. The van der Waals surface area contributed by atoms with Gasteiger partial charge in [0.15, 0.2) is 0 Å². The van der Waals surface area contributed by atoms with Gasteiger partial charge < -0.3 is 9.32 Å². The van der Waals surface area contributed by atoms with E-state index in [0.29, 0.717) is 17.3 Å². The molecule has 0 radical (unpaired) electrons. The van der Waals surface area contributed by atoms with Crippen molar-refractivity contribution in [1.29, 1.82) is 5.26 Å². The van der Waals surface area contributed by atoms with Gasteiger partial charge in [0.25, 0.3) is 0 Å². The average molecular weight is 528 g/mol. The van der Waals surface area contributed by atoms with Crippen molar-refractivity contribution < 1.29 is 12.8 Å². The molecule has 5 rings (SSSR count). The van der Waals surface area contributed by atoms with Crippen molar-refractivity contribution >= 4 is 15.9 Å². The SMILES string of the molecule is CN(Cc1ccccc1)S(=O)(=O)c1ccc(-c2nc(C#N)c(N3CCN(Cc4ccccc4)CC3)o2)cc1. The van der Waals surface area contributed by atoms with Crippen molar-refractivity contribution in [2.45, 2.75) is 18.0 Å². The standard InChI is InChI=1S/C29H29N5O3S/c1-32(21-23-8-4-2-5-9-23)38(35,36)26-14-12-25(13-15-26)28-31-27(20-30)29(37-28)34-18-16-33(17-19-34)22-24-10-6-3-7-11-24/h2-15H,16-19,21-22H2,1H3. The van der Waals surface area contributed by atoms with Crippen molar-refractivity contribution in [1.82, 2.24) is 14.2 Å². The van der Waals surface area contributed by atoms with E-state index in [4.69, 9.17) is 4.42 Å². The van der Waals surface area contributed by atoms with E-state index >= 15 is 0 Å². The van der Waals surface area contributed by atoms with Crippen molar-refractivity contribution in [3.63, 3.8) is 0 Å². The van der Waals surface area contributed by atoms with E-state index < -0.39 is 10.0 Å². The summed E-state index contributed by atoms with van der Waals surface area (Å²) in [7, 11) is -2.11. The van der Waals surface area contributed by atoms with Gasteiger partial charge in [-0.05, 0) is 35.4 Å². The molecule has 38 heavy (non-hydrogen) atoms. The van der Waals surface area contributed by atoms with Gasteiger partial charge in [-0.15, -0.1) is 0 Å². The maximum absolute atomic E-state index is 13.1. The Kier molecular flexibility index (Phi) is 7.56. The molecule has 1 aromatic heterocycles. The Hall–Kier alpha value is -3.97. The molecule has 1 fully saturated rings. The van der Waals surface area contributed by atoms with Gasteiger partial charge in [-0.1, -0.05) is 60.7 Å². The number of anilines is 1. The Morgan fingerprint density at radius 1 is 0.895 bits per heavy atom. The summed E-state index contributed by atoms with van der Waals surface area (Å²) in [5, 5.41) is 9.69. The highest BCUT2D eigenvalue weighted by Crippen LogP contribution is 2.30. The highest BCUT2D eigenvalue weighted by Gasteiger charge is 2.25. The monoisotopic (exact) mass is 527 g/mol. The third-order valence-corrected chi connectivity index (χ3v) is 8.50. The molecule has 0 atom stereocenters. The number of hydrogen-bond donors (Lipinski definition) is 0. The Balaban J connectivity index is 1.27. The van der Waals surface area contributed by atoms with Crippen LogP contribution in [0.4, 0.5) is 5.88 Å². The molecule has 4 aromatic rings. The molecular formula is C29H29N5O3S. The third kappa shape index (κ3) is 5.63. The zero-order valence-corrected chi connectivity index (χ0v) is 22.0. The molecule has 9 heteroatoms. The Morgan fingerprint density at radius 2 is 1.50 bits per heavy atom. The highest BCUT2D eigenvalue weighted by molar-refractivity contribution is 7.89. The number of aromatic nitrogens is 1. The lowest BCUT2D eigenvalue weighted by Gasteiger charge is -2.34. The number of benzene rings is 3. The Morgan fingerprint density at radius 3 is 2.11 bits per heavy atom. The van der Waals surface area contributed by atoms with Crippen LogP contribution in [0.25, 0.3) is 11.5 Å². The number of piperazine rings is 1. The van der Waals surface area contributed by atoms with Crippen LogP contribution in [-0.2, 0) is 23.1 Å². The second-order valence-electron chi connectivity index (χ2n) is 9.30. The zero-order valence-electron chi connectivity index (χ0n) is 21.2. The number of hydrogen-bond acceptors (Lipinski definition) is 7. The van der Waals surface area contributed by atoms with Gasteiger partial charge in [0, 0.05) is 51.9 Å². The fourth-order valence-corrected chi connectivity index (χ4v) is 5.71. The first-order valence-corrected chi connectivity index (χ1v) is 13.9. The van der Waals surface area contributed by atoms with Crippen molar-refractivity contribution in [2.75, 3.05) is 38.1 Å². The Bertz CT molecular complexity index is 1510. The average Bonchev–Trinajstić information content (AvgIpc) is 3.39. The molecule has 1 aliphatic rings. The molecule has 3 aromatic carbocycles. The van der Waals surface area contributed by atoms with E-state index in [2.05, 4.69) is 28.1 Å². The van der Waals surface area contributed by atoms with Crippen molar-refractivity contribution in [2.24, 2.45) is 0 Å². The summed E-state index contributed by atoms with van der Waals surface area (Å²) in [5.41, 5.74) is 3.03. The van der Waals surface area contributed by atoms with E-state index in [9.17, 15) is 13.7 Å². The van der Waals surface area contributed by atoms with Crippen molar-refractivity contribution in [3.8, 4) is 17.5 Å². The minimum Gasteiger partial charge on any atom is -0.419 e. The van der Waals surface area contributed by atoms with Crippen LogP contribution in [0.3, 0.4) is 0 Å². The Labute approximate surface area is 223 Å². The summed E-state index contributed by atoms with van der Waals surface area (Å²) in [5.74, 6) is 0.756. The summed E-state index contributed by atoms with van der Waals surface area (Å²) in [4.78, 5) is 9.01. The number of oxazole rings is 1. The highest BCUT2D eigenvalue weighted by atomic mass is 32.2. The van der Waals surface area contributed by atoms with Crippen LogP contribution in [0.5, 0.6) is 0 Å². The van der Waals surface area contributed by atoms with Gasteiger partial charge in [-0.2, -0.15) is 14.6 Å². The molecule has 1 aliphatic heterocycles. The minimum atomic E-state index is -3.67.